The molecule has 4 aliphatic heterocycles. The summed E-state index contributed by atoms with van der Waals surface area (Å²) in [6.07, 6.45) is 2.56. The van der Waals surface area contributed by atoms with Gasteiger partial charge in [0.05, 0.1) is 10.6 Å². The number of carbonyl (C=O) groups is 1. The summed E-state index contributed by atoms with van der Waals surface area (Å²) < 4.78 is 39.3. The minimum atomic E-state index is -3.58. The van der Waals surface area contributed by atoms with Crippen molar-refractivity contribution in [2.75, 3.05) is 31.3 Å². The number of aryl methyl sites for hydroxylation is 1. The zero-order valence-corrected chi connectivity index (χ0v) is 17.3. The quantitative estimate of drug-likeness (QED) is 0.754. The third-order valence-electron chi connectivity index (χ3n) is 6.68. The van der Waals surface area contributed by atoms with Crippen molar-refractivity contribution in [3.63, 3.8) is 0 Å². The van der Waals surface area contributed by atoms with Crippen LogP contribution in [0.1, 0.15) is 35.4 Å². The molecule has 156 valence electrons. The number of ether oxygens (including phenoxy) is 2. The molecule has 1 fully saturated rings. The standard InChI is InChI=1S/C22H22N2O5S/c25-21-4-2-15-9-18(10-16-6-8-24(21)22(15)16)30(26,27)23-7-5-17(12-23)14-1-3-19-20(11-14)29-13-28-19/h1,3,9-11,17H,2,4-8,12-13H2. The molecule has 0 radical (unpaired) electrons. The third-order valence-corrected chi connectivity index (χ3v) is 8.52. The molecule has 30 heavy (non-hydrogen) atoms. The van der Waals surface area contributed by atoms with Crippen molar-refractivity contribution >= 4 is 21.6 Å². The van der Waals surface area contributed by atoms with E-state index in [1.165, 1.54) is 0 Å². The van der Waals surface area contributed by atoms with E-state index >= 15 is 0 Å². The first-order valence-corrected chi connectivity index (χ1v) is 11.8. The van der Waals surface area contributed by atoms with E-state index in [2.05, 4.69) is 0 Å². The van der Waals surface area contributed by atoms with E-state index in [9.17, 15) is 13.2 Å². The lowest BCUT2D eigenvalue weighted by Gasteiger charge is -2.26. The van der Waals surface area contributed by atoms with Gasteiger partial charge in [-0.25, -0.2) is 8.42 Å². The van der Waals surface area contributed by atoms with E-state index in [1.54, 1.807) is 16.4 Å². The first-order chi connectivity index (χ1) is 14.5. The summed E-state index contributed by atoms with van der Waals surface area (Å²) in [4.78, 5) is 14.3. The third kappa shape index (κ3) is 2.66. The summed E-state index contributed by atoms with van der Waals surface area (Å²) in [6, 6.07) is 9.42. The number of amides is 1. The van der Waals surface area contributed by atoms with Gasteiger partial charge in [0.25, 0.3) is 0 Å². The van der Waals surface area contributed by atoms with Gasteiger partial charge in [0, 0.05) is 26.1 Å². The molecule has 7 nitrogen and oxygen atoms in total. The minimum Gasteiger partial charge on any atom is -0.454 e. The van der Waals surface area contributed by atoms with Crippen LogP contribution in [0, 0.1) is 0 Å². The Morgan fingerprint density at radius 2 is 1.73 bits per heavy atom. The van der Waals surface area contributed by atoms with Crippen molar-refractivity contribution in [1.29, 1.82) is 0 Å². The lowest BCUT2D eigenvalue weighted by Crippen LogP contribution is -2.33. The first-order valence-electron chi connectivity index (χ1n) is 10.4. The summed E-state index contributed by atoms with van der Waals surface area (Å²) >= 11 is 0. The van der Waals surface area contributed by atoms with Gasteiger partial charge in [-0.1, -0.05) is 6.07 Å². The Hall–Kier alpha value is -2.58. The molecule has 1 saturated heterocycles. The number of fused-ring (bicyclic) bond motifs is 1. The summed E-state index contributed by atoms with van der Waals surface area (Å²) in [5.74, 6) is 1.74. The molecule has 0 N–H and O–H groups in total. The predicted octanol–water partition coefficient (Wildman–Crippen LogP) is 2.43. The molecule has 4 heterocycles. The molecule has 8 heteroatoms. The number of sulfonamides is 1. The van der Waals surface area contributed by atoms with Crippen molar-refractivity contribution in [2.45, 2.75) is 36.5 Å². The van der Waals surface area contributed by atoms with Gasteiger partial charge in [-0.15, -0.1) is 0 Å². The van der Waals surface area contributed by atoms with Crippen LogP contribution in [0.3, 0.4) is 0 Å². The normalized spacial score (nSPS) is 22.6. The Morgan fingerprint density at radius 1 is 0.933 bits per heavy atom. The molecule has 0 saturated carbocycles. The Morgan fingerprint density at radius 3 is 2.60 bits per heavy atom. The highest BCUT2D eigenvalue weighted by molar-refractivity contribution is 7.89. The number of carbonyl (C=O) groups excluding carboxylic acids is 1. The number of anilines is 1. The number of nitrogens with zero attached hydrogens (tertiary/aromatic N) is 2. The van der Waals surface area contributed by atoms with E-state index in [-0.39, 0.29) is 18.6 Å². The van der Waals surface area contributed by atoms with Crippen molar-refractivity contribution in [3.05, 3.63) is 47.0 Å². The van der Waals surface area contributed by atoms with Crippen LogP contribution in [0.15, 0.2) is 35.2 Å². The predicted molar refractivity (Wildman–Crippen MR) is 110 cm³/mol. The Bertz CT molecular complexity index is 1180. The second-order valence-electron chi connectivity index (χ2n) is 8.35. The second kappa shape index (κ2) is 6.46. The Balaban J connectivity index is 1.28. The fourth-order valence-corrected chi connectivity index (χ4v) is 6.71. The highest BCUT2D eigenvalue weighted by Gasteiger charge is 2.37. The van der Waals surface area contributed by atoms with Gasteiger partial charge in [0.15, 0.2) is 11.5 Å². The van der Waals surface area contributed by atoms with Crippen molar-refractivity contribution < 1.29 is 22.7 Å². The summed E-state index contributed by atoms with van der Waals surface area (Å²) in [5, 5.41) is 0. The molecule has 6 rings (SSSR count). The highest BCUT2D eigenvalue weighted by Crippen LogP contribution is 2.41. The van der Waals surface area contributed by atoms with Crippen LogP contribution in [-0.2, 0) is 27.7 Å². The van der Waals surface area contributed by atoms with E-state index in [0.29, 0.717) is 37.4 Å². The number of rotatable bonds is 3. The van der Waals surface area contributed by atoms with E-state index in [1.807, 2.05) is 23.1 Å². The molecule has 0 aromatic heterocycles. The zero-order chi connectivity index (χ0) is 20.5. The fourth-order valence-electron chi connectivity index (χ4n) is 5.11. The zero-order valence-electron chi connectivity index (χ0n) is 16.5. The van der Waals surface area contributed by atoms with Crippen molar-refractivity contribution in [2.24, 2.45) is 0 Å². The maximum Gasteiger partial charge on any atom is 0.243 e. The monoisotopic (exact) mass is 426 g/mol. The van der Waals surface area contributed by atoms with Crippen LogP contribution in [0.5, 0.6) is 11.5 Å². The largest absolute Gasteiger partial charge is 0.454 e. The topological polar surface area (TPSA) is 76.2 Å². The highest BCUT2D eigenvalue weighted by atomic mass is 32.2. The maximum atomic E-state index is 13.4. The molecule has 2 aromatic carbocycles. The van der Waals surface area contributed by atoms with Crippen molar-refractivity contribution in [1.82, 2.24) is 4.31 Å². The van der Waals surface area contributed by atoms with Crippen LogP contribution in [0.2, 0.25) is 0 Å². The van der Waals surface area contributed by atoms with Gasteiger partial charge in [0.1, 0.15) is 0 Å². The molecular weight excluding hydrogens is 404 g/mol. The fraction of sp³-hybridized carbons (Fsp3) is 0.409. The van der Waals surface area contributed by atoms with Crippen molar-refractivity contribution in [3.8, 4) is 11.5 Å². The summed E-state index contributed by atoms with van der Waals surface area (Å²) in [6.45, 7) is 1.84. The lowest BCUT2D eigenvalue weighted by molar-refractivity contribution is -0.118. The number of hydrogen-bond donors (Lipinski definition) is 0. The molecule has 2 aromatic rings. The molecule has 0 aliphatic carbocycles. The molecule has 1 unspecified atom stereocenters. The van der Waals surface area contributed by atoms with E-state index in [4.69, 9.17) is 9.47 Å². The van der Waals surface area contributed by atoms with Crippen LogP contribution in [0.25, 0.3) is 0 Å². The van der Waals surface area contributed by atoms with Crippen LogP contribution in [-0.4, -0.2) is 45.1 Å². The molecule has 1 amide bonds. The molecule has 0 spiro atoms. The van der Waals surface area contributed by atoms with Gasteiger partial charge in [-0.3, -0.25) is 4.79 Å². The van der Waals surface area contributed by atoms with Crippen LogP contribution < -0.4 is 14.4 Å². The molecule has 0 bridgehead atoms. The lowest BCUT2D eigenvalue weighted by atomic mass is 9.98. The van der Waals surface area contributed by atoms with Gasteiger partial charge < -0.3 is 14.4 Å². The SMILES string of the molecule is O=C1CCc2cc(S(=O)(=O)N3CCC(c4ccc5c(c4)OCO5)C3)cc3c2N1CC3. The van der Waals surface area contributed by atoms with Crippen LogP contribution >= 0.6 is 0 Å². The first kappa shape index (κ1) is 18.2. The van der Waals surface area contributed by atoms with Gasteiger partial charge >= 0.3 is 0 Å². The average Bonchev–Trinajstić information content (AvgIpc) is 3.49. The molecular formula is C22H22N2O5S. The molecule has 4 aliphatic rings. The molecule has 1 atom stereocenters. The maximum absolute atomic E-state index is 13.4. The van der Waals surface area contributed by atoms with E-state index in [0.717, 1.165) is 46.7 Å². The van der Waals surface area contributed by atoms with Gasteiger partial charge in [0.2, 0.25) is 22.7 Å². The minimum absolute atomic E-state index is 0.134. The average molecular weight is 426 g/mol. The smallest absolute Gasteiger partial charge is 0.243 e. The summed E-state index contributed by atoms with van der Waals surface area (Å²) in [5.41, 5.74) is 3.99. The van der Waals surface area contributed by atoms with Crippen LogP contribution in [0.4, 0.5) is 5.69 Å². The van der Waals surface area contributed by atoms with E-state index < -0.39 is 10.0 Å². The van der Waals surface area contributed by atoms with Gasteiger partial charge in [-0.2, -0.15) is 4.31 Å². The Kier molecular flexibility index (Phi) is 3.92. The second-order valence-corrected chi connectivity index (χ2v) is 10.3. The van der Waals surface area contributed by atoms with Gasteiger partial charge in [-0.05, 0) is 66.1 Å². The number of benzene rings is 2. The number of hydrogen-bond acceptors (Lipinski definition) is 5. The Labute approximate surface area is 175 Å². The summed E-state index contributed by atoms with van der Waals surface area (Å²) in [7, 11) is -3.58.